The lowest BCUT2D eigenvalue weighted by atomic mass is 10.6. The van der Waals surface area contributed by atoms with Crippen molar-refractivity contribution in [2.45, 2.75) is 0 Å². The number of aromatic amines is 1. The van der Waals surface area contributed by atoms with Gasteiger partial charge in [-0.3, -0.25) is 4.79 Å². The number of rotatable bonds is 1. The molecule has 0 atom stereocenters. The van der Waals surface area contributed by atoms with E-state index in [1.165, 1.54) is 6.20 Å². The molecule has 1 N–H and O–H groups in total. The minimum Gasteiger partial charge on any atom is -0.296 e. The van der Waals surface area contributed by atoms with Crippen molar-refractivity contribution in [2.75, 3.05) is 0 Å². The highest BCUT2D eigenvalue weighted by atomic mass is 16.1. The molecule has 1 aromatic heterocycles. The third-order valence-electron chi connectivity index (χ3n) is 0.554. The van der Waals surface area contributed by atoms with Gasteiger partial charge in [0.05, 0.1) is 6.20 Å². The summed E-state index contributed by atoms with van der Waals surface area (Å²) in [6.45, 7) is 0. The highest BCUT2D eigenvalue weighted by molar-refractivity contribution is 5.70. The van der Waals surface area contributed by atoms with Crippen LogP contribution in [0.15, 0.2) is 6.20 Å². The number of nitrogens with zero attached hydrogens (tertiary/aromatic N) is 2. The lowest BCUT2D eigenvalue weighted by Gasteiger charge is -1.62. The molecule has 0 radical (unpaired) electrons. The van der Waals surface area contributed by atoms with E-state index in [0.717, 1.165) is 0 Å². The SMILES string of the molecule is O=Cc1cn[nH]n1. The minimum absolute atomic E-state index is 0.333. The summed E-state index contributed by atoms with van der Waals surface area (Å²) in [7, 11) is 0. The summed E-state index contributed by atoms with van der Waals surface area (Å²) in [5.41, 5.74) is 0.333. The molecule has 0 saturated heterocycles. The van der Waals surface area contributed by atoms with Crippen LogP contribution in [0.2, 0.25) is 0 Å². The van der Waals surface area contributed by atoms with E-state index >= 15 is 0 Å². The Bertz CT molecular complexity index is 145. The minimum atomic E-state index is 0.333. The van der Waals surface area contributed by atoms with Crippen LogP contribution in [-0.2, 0) is 0 Å². The molecule has 0 bridgehead atoms. The summed E-state index contributed by atoms with van der Waals surface area (Å²) in [5, 5.41) is 9.11. The van der Waals surface area contributed by atoms with Crippen LogP contribution in [0.25, 0.3) is 0 Å². The van der Waals surface area contributed by atoms with Crippen molar-refractivity contribution in [2.24, 2.45) is 0 Å². The molecule has 0 saturated carbocycles. The smallest absolute Gasteiger partial charge is 0.171 e. The van der Waals surface area contributed by atoms with E-state index in [1.807, 2.05) is 0 Å². The quantitative estimate of drug-likeness (QED) is 0.486. The maximum atomic E-state index is 9.75. The number of carbonyl (C=O) groups is 1. The fourth-order valence-electron chi connectivity index (χ4n) is 0.267. The van der Waals surface area contributed by atoms with Crippen molar-refractivity contribution in [3.63, 3.8) is 0 Å². The average Bonchev–Trinajstić information content (AvgIpc) is 2.14. The summed E-state index contributed by atoms with van der Waals surface area (Å²) in [5.74, 6) is 0. The predicted octanol–water partition coefficient (Wildman–Crippen LogP) is -0.383. The zero-order valence-corrected chi connectivity index (χ0v) is 3.46. The molecule has 4 heteroatoms. The number of hydrogen-bond acceptors (Lipinski definition) is 3. The van der Waals surface area contributed by atoms with Gasteiger partial charge in [0, 0.05) is 0 Å². The summed E-state index contributed by atoms with van der Waals surface area (Å²) in [6, 6.07) is 0. The molecule has 0 aromatic carbocycles. The first-order valence-corrected chi connectivity index (χ1v) is 1.74. The van der Waals surface area contributed by atoms with Gasteiger partial charge in [-0.15, -0.1) is 0 Å². The van der Waals surface area contributed by atoms with Crippen molar-refractivity contribution in [3.05, 3.63) is 11.9 Å². The molecule has 4 nitrogen and oxygen atoms in total. The van der Waals surface area contributed by atoms with Gasteiger partial charge in [-0.2, -0.15) is 15.4 Å². The lowest BCUT2D eigenvalue weighted by molar-refractivity contribution is 0.111. The molecule has 1 rings (SSSR count). The molecule has 0 aliphatic rings. The van der Waals surface area contributed by atoms with Crippen LogP contribution in [0.3, 0.4) is 0 Å². The predicted molar refractivity (Wildman–Crippen MR) is 21.8 cm³/mol. The molecule has 0 aliphatic carbocycles. The second-order valence-electron chi connectivity index (χ2n) is 1.01. The zero-order chi connectivity index (χ0) is 5.11. The maximum absolute atomic E-state index is 9.75. The van der Waals surface area contributed by atoms with Gasteiger partial charge in [0.2, 0.25) is 0 Å². The van der Waals surface area contributed by atoms with Crippen molar-refractivity contribution < 1.29 is 4.79 Å². The van der Waals surface area contributed by atoms with Gasteiger partial charge in [-0.05, 0) is 0 Å². The molecule has 0 amide bonds. The van der Waals surface area contributed by atoms with Crippen LogP contribution in [0.1, 0.15) is 10.5 Å². The highest BCUT2D eigenvalue weighted by Gasteiger charge is 1.85. The Morgan fingerprint density at radius 3 is 3.00 bits per heavy atom. The second-order valence-corrected chi connectivity index (χ2v) is 1.01. The molecule has 1 heterocycles. The Kier molecular flexibility index (Phi) is 0.856. The Balaban J connectivity index is 2.96. The van der Waals surface area contributed by atoms with Gasteiger partial charge in [0.1, 0.15) is 5.69 Å². The number of carbonyl (C=O) groups excluding carboxylic acids is 1. The van der Waals surface area contributed by atoms with E-state index in [1.54, 1.807) is 0 Å². The average molecular weight is 97.1 g/mol. The Labute approximate surface area is 39.5 Å². The number of aromatic nitrogens is 3. The number of nitrogens with one attached hydrogen (secondary N) is 1. The van der Waals surface area contributed by atoms with E-state index in [-0.39, 0.29) is 0 Å². The van der Waals surface area contributed by atoms with Gasteiger partial charge in [0.25, 0.3) is 0 Å². The van der Waals surface area contributed by atoms with E-state index < -0.39 is 0 Å². The molecule has 1 aromatic rings. The van der Waals surface area contributed by atoms with Crippen LogP contribution < -0.4 is 0 Å². The Morgan fingerprint density at radius 1 is 1.86 bits per heavy atom. The van der Waals surface area contributed by atoms with E-state index in [2.05, 4.69) is 15.4 Å². The first kappa shape index (κ1) is 3.98. The van der Waals surface area contributed by atoms with E-state index in [4.69, 9.17) is 0 Å². The molecule has 0 aliphatic heterocycles. The molecule has 36 valence electrons. The largest absolute Gasteiger partial charge is 0.296 e. The summed E-state index contributed by atoms with van der Waals surface area (Å²) < 4.78 is 0. The monoisotopic (exact) mass is 97.0 g/mol. The third-order valence-corrected chi connectivity index (χ3v) is 0.554. The van der Waals surface area contributed by atoms with Crippen molar-refractivity contribution in [1.82, 2.24) is 15.4 Å². The molecule has 0 fully saturated rings. The van der Waals surface area contributed by atoms with Crippen molar-refractivity contribution in [1.29, 1.82) is 0 Å². The van der Waals surface area contributed by atoms with Gasteiger partial charge in [-0.25, -0.2) is 0 Å². The van der Waals surface area contributed by atoms with Gasteiger partial charge in [0.15, 0.2) is 6.29 Å². The van der Waals surface area contributed by atoms with E-state index in [9.17, 15) is 4.79 Å². The molecule has 7 heavy (non-hydrogen) atoms. The van der Waals surface area contributed by atoms with Crippen LogP contribution >= 0.6 is 0 Å². The van der Waals surface area contributed by atoms with Crippen molar-refractivity contribution >= 4 is 6.29 Å². The van der Waals surface area contributed by atoms with Crippen LogP contribution in [-0.4, -0.2) is 21.7 Å². The molecular weight excluding hydrogens is 94.1 g/mol. The fraction of sp³-hybridized carbons (Fsp3) is 0. The number of hydrogen-bond donors (Lipinski definition) is 1. The summed E-state index contributed by atoms with van der Waals surface area (Å²) in [6.07, 6.45) is 1.98. The van der Waals surface area contributed by atoms with Crippen LogP contribution in [0.5, 0.6) is 0 Å². The summed E-state index contributed by atoms with van der Waals surface area (Å²) in [4.78, 5) is 9.75. The number of H-pyrrole nitrogens is 1. The third kappa shape index (κ3) is 0.623. The first-order valence-electron chi connectivity index (χ1n) is 1.74. The maximum Gasteiger partial charge on any atom is 0.171 e. The lowest BCUT2D eigenvalue weighted by Crippen LogP contribution is -1.75. The van der Waals surface area contributed by atoms with Gasteiger partial charge >= 0.3 is 0 Å². The normalized spacial score (nSPS) is 8.57. The highest BCUT2D eigenvalue weighted by Crippen LogP contribution is 1.76. The van der Waals surface area contributed by atoms with Crippen LogP contribution in [0.4, 0.5) is 0 Å². The Morgan fingerprint density at radius 2 is 2.71 bits per heavy atom. The summed E-state index contributed by atoms with van der Waals surface area (Å²) >= 11 is 0. The standard InChI is InChI=1S/C3H3N3O/c7-2-3-1-4-6-5-3/h1-2H,(H,4,5,6). The molecular formula is C3H3N3O. The fourth-order valence-corrected chi connectivity index (χ4v) is 0.267. The Hall–Kier alpha value is -1.19. The molecule has 0 unspecified atom stereocenters. The molecule has 0 spiro atoms. The topological polar surface area (TPSA) is 58.6 Å². The second kappa shape index (κ2) is 1.51. The van der Waals surface area contributed by atoms with Crippen molar-refractivity contribution in [3.8, 4) is 0 Å². The van der Waals surface area contributed by atoms with Crippen LogP contribution in [0, 0.1) is 0 Å². The van der Waals surface area contributed by atoms with E-state index in [0.29, 0.717) is 12.0 Å². The zero-order valence-electron chi connectivity index (χ0n) is 3.46. The van der Waals surface area contributed by atoms with Gasteiger partial charge in [-0.1, -0.05) is 0 Å². The first-order chi connectivity index (χ1) is 3.43. The number of aldehydes is 1. The van der Waals surface area contributed by atoms with Gasteiger partial charge < -0.3 is 0 Å².